The molecule has 4 nitrogen and oxygen atoms in total. The first kappa shape index (κ1) is 15.9. The van der Waals surface area contributed by atoms with Crippen molar-refractivity contribution in [2.75, 3.05) is 13.1 Å². The third kappa shape index (κ3) is 2.93. The van der Waals surface area contributed by atoms with Crippen LogP contribution in [0, 0.1) is 13.8 Å². The number of piperidine rings is 1. The molecule has 4 heteroatoms. The molecule has 1 fully saturated rings. The van der Waals surface area contributed by atoms with Crippen molar-refractivity contribution in [1.29, 1.82) is 0 Å². The number of carbonyl (C=O) groups excluding carboxylic acids is 1. The average molecular weight is 333 g/mol. The van der Waals surface area contributed by atoms with Crippen LogP contribution in [0.5, 0.6) is 0 Å². The topological polar surface area (TPSA) is 49.0 Å². The fourth-order valence-corrected chi connectivity index (χ4v) is 3.74. The fourth-order valence-electron chi connectivity index (χ4n) is 3.74. The Labute approximate surface area is 147 Å². The van der Waals surface area contributed by atoms with Crippen molar-refractivity contribution in [3.63, 3.8) is 0 Å². The standard InChI is InChI=1S/C21H23N3O/c1-14-5-6-17(12-15(14)2)21(25)24-10-7-16(8-11-24)18-13-23-19-4-3-9-22-20(18)19/h3-6,9,12-13,16,23H,7-8,10-11H2,1-2H3. The highest BCUT2D eigenvalue weighted by atomic mass is 16.2. The summed E-state index contributed by atoms with van der Waals surface area (Å²) in [6.07, 6.45) is 5.90. The Hall–Kier alpha value is -2.62. The third-order valence-corrected chi connectivity index (χ3v) is 5.44. The number of aromatic amines is 1. The molecule has 0 aliphatic carbocycles. The van der Waals surface area contributed by atoms with Crippen LogP contribution in [0.1, 0.15) is 45.8 Å². The molecule has 2 aromatic heterocycles. The van der Waals surface area contributed by atoms with E-state index in [9.17, 15) is 4.79 Å². The van der Waals surface area contributed by atoms with Crippen LogP contribution in [0.25, 0.3) is 11.0 Å². The van der Waals surface area contributed by atoms with E-state index in [1.165, 1.54) is 16.7 Å². The van der Waals surface area contributed by atoms with E-state index in [-0.39, 0.29) is 5.91 Å². The van der Waals surface area contributed by atoms with E-state index in [0.717, 1.165) is 42.5 Å². The number of hydrogen-bond acceptors (Lipinski definition) is 2. The number of nitrogens with one attached hydrogen (secondary N) is 1. The average Bonchev–Trinajstić information content (AvgIpc) is 3.08. The zero-order valence-corrected chi connectivity index (χ0v) is 14.7. The SMILES string of the molecule is Cc1ccc(C(=O)N2CCC(c3c[nH]c4cccnc34)CC2)cc1C. The minimum absolute atomic E-state index is 0.151. The first-order valence-corrected chi connectivity index (χ1v) is 8.92. The van der Waals surface area contributed by atoms with E-state index in [1.54, 1.807) is 0 Å². The van der Waals surface area contributed by atoms with Gasteiger partial charge >= 0.3 is 0 Å². The lowest BCUT2D eigenvalue weighted by Crippen LogP contribution is -2.37. The number of rotatable bonds is 2. The highest BCUT2D eigenvalue weighted by Gasteiger charge is 2.26. The number of hydrogen-bond donors (Lipinski definition) is 1. The van der Waals surface area contributed by atoms with Crippen molar-refractivity contribution in [2.45, 2.75) is 32.6 Å². The van der Waals surface area contributed by atoms with Crippen molar-refractivity contribution in [2.24, 2.45) is 0 Å². The lowest BCUT2D eigenvalue weighted by Gasteiger charge is -2.32. The molecule has 0 radical (unpaired) electrons. The highest BCUT2D eigenvalue weighted by molar-refractivity contribution is 5.94. The van der Waals surface area contributed by atoms with Gasteiger partial charge in [0.1, 0.15) is 0 Å². The normalized spacial score (nSPS) is 15.7. The predicted molar refractivity (Wildman–Crippen MR) is 99.9 cm³/mol. The van der Waals surface area contributed by atoms with Crippen molar-refractivity contribution in [1.82, 2.24) is 14.9 Å². The van der Waals surface area contributed by atoms with E-state index >= 15 is 0 Å². The summed E-state index contributed by atoms with van der Waals surface area (Å²) in [7, 11) is 0. The maximum absolute atomic E-state index is 12.8. The maximum atomic E-state index is 12.8. The van der Waals surface area contributed by atoms with Crippen molar-refractivity contribution < 1.29 is 4.79 Å². The van der Waals surface area contributed by atoms with Gasteiger partial charge in [-0.3, -0.25) is 9.78 Å². The Balaban J connectivity index is 1.47. The summed E-state index contributed by atoms with van der Waals surface area (Å²) in [5, 5.41) is 0. The number of likely N-dealkylation sites (tertiary alicyclic amines) is 1. The van der Waals surface area contributed by atoms with Gasteiger partial charge in [0.05, 0.1) is 11.0 Å². The molecule has 3 heterocycles. The molecule has 128 valence electrons. The van der Waals surface area contributed by atoms with Gasteiger partial charge < -0.3 is 9.88 Å². The van der Waals surface area contributed by atoms with Gasteiger partial charge in [0.2, 0.25) is 0 Å². The molecule has 1 aromatic carbocycles. The Morgan fingerprint density at radius 1 is 1.16 bits per heavy atom. The molecular weight excluding hydrogens is 310 g/mol. The quantitative estimate of drug-likeness (QED) is 0.764. The Kier molecular flexibility index (Phi) is 4.04. The zero-order chi connectivity index (χ0) is 17.4. The van der Waals surface area contributed by atoms with E-state index in [0.29, 0.717) is 5.92 Å². The van der Waals surface area contributed by atoms with Crippen LogP contribution >= 0.6 is 0 Å². The third-order valence-electron chi connectivity index (χ3n) is 5.44. The second kappa shape index (κ2) is 6.36. The summed E-state index contributed by atoms with van der Waals surface area (Å²) in [4.78, 5) is 22.6. The molecule has 1 amide bonds. The van der Waals surface area contributed by atoms with E-state index in [1.807, 2.05) is 35.4 Å². The van der Waals surface area contributed by atoms with Crippen LogP contribution in [-0.2, 0) is 0 Å². The number of carbonyl (C=O) groups is 1. The molecule has 0 spiro atoms. The van der Waals surface area contributed by atoms with Gasteiger partial charge in [0.15, 0.2) is 0 Å². The van der Waals surface area contributed by atoms with E-state index in [4.69, 9.17) is 0 Å². The van der Waals surface area contributed by atoms with E-state index < -0.39 is 0 Å². The number of fused-ring (bicyclic) bond motifs is 1. The van der Waals surface area contributed by atoms with Crippen LogP contribution in [-0.4, -0.2) is 33.9 Å². The molecule has 1 aliphatic heterocycles. The molecule has 1 saturated heterocycles. The highest BCUT2D eigenvalue weighted by Crippen LogP contribution is 2.32. The second-order valence-corrected chi connectivity index (χ2v) is 7.01. The van der Waals surface area contributed by atoms with Crippen LogP contribution in [0.15, 0.2) is 42.7 Å². The summed E-state index contributed by atoms with van der Waals surface area (Å²) < 4.78 is 0. The Morgan fingerprint density at radius 2 is 1.96 bits per heavy atom. The summed E-state index contributed by atoms with van der Waals surface area (Å²) in [5.74, 6) is 0.617. The zero-order valence-electron chi connectivity index (χ0n) is 14.7. The molecule has 0 unspecified atom stereocenters. The number of pyridine rings is 1. The minimum atomic E-state index is 0.151. The monoisotopic (exact) mass is 333 g/mol. The molecule has 0 bridgehead atoms. The van der Waals surface area contributed by atoms with Crippen molar-refractivity contribution >= 4 is 16.9 Å². The van der Waals surface area contributed by atoms with Crippen molar-refractivity contribution in [3.05, 3.63) is 65.0 Å². The van der Waals surface area contributed by atoms with Crippen LogP contribution in [0.2, 0.25) is 0 Å². The molecule has 0 atom stereocenters. The number of amides is 1. The first-order chi connectivity index (χ1) is 12.1. The van der Waals surface area contributed by atoms with Gasteiger partial charge in [0.25, 0.3) is 5.91 Å². The Morgan fingerprint density at radius 3 is 2.72 bits per heavy atom. The van der Waals surface area contributed by atoms with E-state index in [2.05, 4.69) is 36.1 Å². The molecule has 1 aliphatic rings. The molecule has 4 rings (SSSR count). The van der Waals surface area contributed by atoms with Crippen LogP contribution in [0.3, 0.4) is 0 Å². The van der Waals surface area contributed by atoms with Gasteiger partial charge in [0, 0.05) is 31.0 Å². The van der Waals surface area contributed by atoms with Crippen LogP contribution < -0.4 is 0 Å². The number of H-pyrrole nitrogens is 1. The van der Waals surface area contributed by atoms with Gasteiger partial charge in [-0.05, 0) is 73.6 Å². The number of nitrogens with zero attached hydrogens (tertiary/aromatic N) is 2. The summed E-state index contributed by atoms with van der Waals surface area (Å²) in [6, 6.07) is 10.00. The first-order valence-electron chi connectivity index (χ1n) is 8.92. The second-order valence-electron chi connectivity index (χ2n) is 7.01. The van der Waals surface area contributed by atoms with Gasteiger partial charge in [-0.1, -0.05) is 6.07 Å². The summed E-state index contributed by atoms with van der Waals surface area (Å²) in [6.45, 7) is 5.73. The largest absolute Gasteiger partial charge is 0.360 e. The maximum Gasteiger partial charge on any atom is 0.253 e. The van der Waals surface area contributed by atoms with Gasteiger partial charge in [-0.15, -0.1) is 0 Å². The van der Waals surface area contributed by atoms with Crippen molar-refractivity contribution in [3.8, 4) is 0 Å². The Bertz CT molecular complexity index is 920. The lowest BCUT2D eigenvalue weighted by molar-refractivity contribution is 0.0713. The predicted octanol–water partition coefficient (Wildman–Crippen LogP) is 4.20. The number of benzene rings is 1. The van der Waals surface area contributed by atoms with Crippen LogP contribution in [0.4, 0.5) is 0 Å². The minimum Gasteiger partial charge on any atom is -0.360 e. The summed E-state index contributed by atoms with van der Waals surface area (Å²) >= 11 is 0. The molecule has 0 saturated carbocycles. The fraction of sp³-hybridized carbons (Fsp3) is 0.333. The smallest absolute Gasteiger partial charge is 0.253 e. The van der Waals surface area contributed by atoms with Gasteiger partial charge in [-0.25, -0.2) is 0 Å². The molecule has 3 aromatic rings. The molecule has 1 N–H and O–H groups in total. The van der Waals surface area contributed by atoms with Gasteiger partial charge in [-0.2, -0.15) is 0 Å². The number of aromatic nitrogens is 2. The molecule has 25 heavy (non-hydrogen) atoms. The summed E-state index contributed by atoms with van der Waals surface area (Å²) in [5.41, 5.74) is 6.64. The number of aryl methyl sites for hydroxylation is 2. The molecular formula is C21H23N3O. The lowest BCUT2D eigenvalue weighted by atomic mass is 9.90.